The predicted molar refractivity (Wildman–Crippen MR) is 108 cm³/mol. The van der Waals surface area contributed by atoms with Crippen LogP contribution in [0.4, 0.5) is 5.69 Å². The summed E-state index contributed by atoms with van der Waals surface area (Å²) >= 11 is 0. The van der Waals surface area contributed by atoms with Gasteiger partial charge in [0, 0.05) is 17.3 Å². The number of benzene rings is 2. The van der Waals surface area contributed by atoms with Crippen molar-refractivity contribution in [2.45, 2.75) is 32.2 Å². The molecule has 5 nitrogen and oxygen atoms in total. The zero-order chi connectivity index (χ0) is 19.2. The molecule has 1 fully saturated rings. The molecule has 0 spiro atoms. The lowest BCUT2D eigenvalue weighted by Gasteiger charge is -2.26. The smallest absolute Gasteiger partial charge is 0.238 e. The van der Waals surface area contributed by atoms with E-state index < -0.39 is 0 Å². The molecule has 1 aliphatic rings. The van der Waals surface area contributed by atoms with Gasteiger partial charge in [-0.05, 0) is 55.6 Å². The van der Waals surface area contributed by atoms with Gasteiger partial charge in [0.1, 0.15) is 11.5 Å². The lowest BCUT2D eigenvalue weighted by atomic mass is 10.0. The van der Waals surface area contributed by atoms with Gasteiger partial charge in [-0.25, -0.2) is 0 Å². The molecule has 1 aliphatic heterocycles. The highest BCUT2D eigenvalue weighted by Crippen LogP contribution is 2.38. The number of nitrogens with one attached hydrogen (secondary N) is 1. The van der Waals surface area contributed by atoms with Crippen LogP contribution in [-0.2, 0) is 11.2 Å². The third-order valence-electron chi connectivity index (χ3n) is 5.18. The van der Waals surface area contributed by atoms with Gasteiger partial charge in [0.25, 0.3) is 0 Å². The zero-order valence-corrected chi connectivity index (χ0v) is 16.3. The maximum atomic E-state index is 12.7. The van der Waals surface area contributed by atoms with Crippen LogP contribution < -0.4 is 14.8 Å². The van der Waals surface area contributed by atoms with E-state index in [0.717, 1.165) is 54.1 Å². The molecule has 1 unspecified atom stereocenters. The van der Waals surface area contributed by atoms with Gasteiger partial charge in [0.2, 0.25) is 5.91 Å². The van der Waals surface area contributed by atoms with Crippen LogP contribution >= 0.6 is 0 Å². The molecule has 1 amide bonds. The Balaban J connectivity index is 1.74. The van der Waals surface area contributed by atoms with Gasteiger partial charge in [-0.2, -0.15) is 0 Å². The third-order valence-corrected chi connectivity index (χ3v) is 5.18. The Morgan fingerprint density at radius 3 is 2.74 bits per heavy atom. The standard InChI is InChI=1S/C22H28N2O3/c1-4-16-8-5-6-9-19(16)23-22(25)15-24-13-7-10-20(24)18-14-17(26-2)11-12-21(18)27-3/h5-6,8-9,11-12,14,20H,4,7,10,13,15H2,1-3H3,(H,23,25). The number of nitrogens with zero attached hydrogens (tertiary/aromatic N) is 1. The number of anilines is 1. The van der Waals surface area contributed by atoms with Gasteiger partial charge in [-0.3, -0.25) is 9.69 Å². The number of likely N-dealkylation sites (tertiary alicyclic amines) is 1. The quantitative estimate of drug-likeness (QED) is 0.801. The van der Waals surface area contributed by atoms with Crippen molar-refractivity contribution < 1.29 is 14.3 Å². The Morgan fingerprint density at radius 1 is 1.19 bits per heavy atom. The zero-order valence-electron chi connectivity index (χ0n) is 16.3. The average molecular weight is 368 g/mol. The fraction of sp³-hybridized carbons (Fsp3) is 0.409. The lowest BCUT2D eigenvalue weighted by molar-refractivity contribution is -0.117. The van der Waals surface area contributed by atoms with Gasteiger partial charge in [-0.15, -0.1) is 0 Å². The molecule has 0 radical (unpaired) electrons. The van der Waals surface area contributed by atoms with E-state index in [9.17, 15) is 4.79 Å². The topological polar surface area (TPSA) is 50.8 Å². The minimum absolute atomic E-state index is 0.0182. The van der Waals surface area contributed by atoms with Crippen molar-refractivity contribution in [3.63, 3.8) is 0 Å². The normalized spacial score (nSPS) is 16.9. The highest BCUT2D eigenvalue weighted by atomic mass is 16.5. The SMILES string of the molecule is CCc1ccccc1NC(=O)CN1CCCC1c1cc(OC)ccc1OC. The maximum absolute atomic E-state index is 12.7. The third kappa shape index (κ3) is 4.42. The van der Waals surface area contributed by atoms with Crippen LogP contribution in [0, 0.1) is 0 Å². The molecule has 0 aromatic heterocycles. The first-order valence-corrected chi connectivity index (χ1v) is 9.50. The van der Waals surface area contributed by atoms with E-state index in [2.05, 4.69) is 23.2 Å². The summed E-state index contributed by atoms with van der Waals surface area (Å²) in [5, 5.41) is 3.07. The fourth-order valence-electron chi connectivity index (χ4n) is 3.79. The molecule has 0 bridgehead atoms. The second kappa shape index (κ2) is 8.91. The molecule has 1 heterocycles. The minimum atomic E-state index is 0.0182. The number of ether oxygens (including phenoxy) is 2. The molecular formula is C22H28N2O3. The van der Waals surface area contributed by atoms with Crippen molar-refractivity contribution in [1.82, 2.24) is 4.90 Å². The van der Waals surface area contributed by atoms with Crippen LogP contribution in [0.5, 0.6) is 11.5 Å². The number of amides is 1. The van der Waals surface area contributed by atoms with Crippen molar-refractivity contribution >= 4 is 11.6 Å². The summed E-state index contributed by atoms with van der Waals surface area (Å²) in [5.74, 6) is 1.66. The first-order chi connectivity index (χ1) is 13.2. The molecule has 2 aromatic rings. The van der Waals surface area contributed by atoms with Gasteiger partial charge in [-0.1, -0.05) is 25.1 Å². The largest absolute Gasteiger partial charge is 0.497 e. The number of methoxy groups -OCH3 is 2. The molecule has 1 saturated heterocycles. The maximum Gasteiger partial charge on any atom is 0.238 e. The van der Waals surface area contributed by atoms with Crippen LogP contribution in [0.3, 0.4) is 0 Å². The lowest BCUT2D eigenvalue weighted by Crippen LogP contribution is -2.33. The van der Waals surface area contributed by atoms with E-state index in [1.165, 1.54) is 0 Å². The summed E-state index contributed by atoms with van der Waals surface area (Å²) in [6.07, 6.45) is 2.95. The molecule has 3 rings (SSSR count). The van der Waals surface area contributed by atoms with Gasteiger partial charge < -0.3 is 14.8 Å². The first kappa shape index (κ1) is 19.2. The highest BCUT2D eigenvalue weighted by Gasteiger charge is 2.30. The van der Waals surface area contributed by atoms with Crippen molar-refractivity contribution in [1.29, 1.82) is 0 Å². The first-order valence-electron chi connectivity index (χ1n) is 9.50. The van der Waals surface area contributed by atoms with Crippen LogP contribution in [0.25, 0.3) is 0 Å². The molecule has 1 N–H and O–H groups in total. The highest BCUT2D eigenvalue weighted by molar-refractivity contribution is 5.93. The van der Waals surface area contributed by atoms with Crippen molar-refractivity contribution in [3.8, 4) is 11.5 Å². The number of aryl methyl sites for hydroxylation is 1. The van der Waals surface area contributed by atoms with Crippen molar-refractivity contribution in [2.75, 3.05) is 32.6 Å². The molecule has 2 aromatic carbocycles. The van der Waals surface area contributed by atoms with Crippen LogP contribution in [0.15, 0.2) is 42.5 Å². The predicted octanol–water partition coefficient (Wildman–Crippen LogP) is 4.04. The summed E-state index contributed by atoms with van der Waals surface area (Å²) < 4.78 is 10.9. The molecule has 5 heteroatoms. The van der Waals surface area contributed by atoms with Crippen molar-refractivity contribution in [3.05, 3.63) is 53.6 Å². The van der Waals surface area contributed by atoms with E-state index in [1.54, 1.807) is 14.2 Å². The van der Waals surface area contributed by atoms with Gasteiger partial charge >= 0.3 is 0 Å². The molecule has 0 saturated carbocycles. The van der Waals surface area contributed by atoms with E-state index >= 15 is 0 Å². The van der Waals surface area contributed by atoms with Crippen molar-refractivity contribution in [2.24, 2.45) is 0 Å². The van der Waals surface area contributed by atoms with E-state index in [1.807, 2.05) is 36.4 Å². The Morgan fingerprint density at radius 2 is 2.00 bits per heavy atom. The minimum Gasteiger partial charge on any atom is -0.497 e. The number of carbonyl (C=O) groups is 1. The Kier molecular flexibility index (Phi) is 6.35. The Labute approximate surface area is 161 Å². The van der Waals surface area contributed by atoms with Crippen LogP contribution in [0.2, 0.25) is 0 Å². The Bertz CT molecular complexity index is 791. The number of hydrogen-bond acceptors (Lipinski definition) is 4. The number of rotatable bonds is 7. The number of hydrogen-bond donors (Lipinski definition) is 1. The van der Waals surface area contributed by atoms with Gasteiger partial charge in [0.15, 0.2) is 0 Å². The van der Waals surface area contributed by atoms with E-state index in [-0.39, 0.29) is 11.9 Å². The Hall–Kier alpha value is -2.53. The summed E-state index contributed by atoms with van der Waals surface area (Å²) in [6.45, 7) is 3.35. The van der Waals surface area contributed by atoms with E-state index in [0.29, 0.717) is 6.54 Å². The molecule has 1 atom stereocenters. The summed E-state index contributed by atoms with van der Waals surface area (Å²) in [5.41, 5.74) is 3.13. The molecule has 144 valence electrons. The van der Waals surface area contributed by atoms with Crippen LogP contribution in [0.1, 0.15) is 36.9 Å². The fourth-order valence-corrected chi connectivity index (χ4v) is 3.79. The summed E-state index contributed by atoms with van der Waals surface area (Å²) in [4.78, 5) is 14.9. The number of para-hydroxylation sites is 1. The second-order valence-corrected chi connectivity index (χ2v) is 6.80. The summed E-state index contributed by atoms with van der Waals surface area (Å²) in [7, 11) is 3.34. The number of carbonyl (C=O) groups excluding carboxylic acids is 1. The molecule has 0 aliphatic carbocycles. The second-order valence-electron chi connectivity index (χ2n) is 6.80. The monoisotopic (exact) mass is 368 g/mol. The van der Waals surface area contributed by atoms with Gasteiger partial charge in [0.05, 0.1) is 20.8 Å². The molecule has 27 heavy (non-hydrogen) atoms. The summed E-state index contributed by atoms with van der Waals surface area (Å²) in [6, 6.07) is 14.0. The van der Waals surface area contributed by atoms with E-state index in [4.69, 9.17) is 9.47 Å². The molecular weight excluding hydrogens is 340 g/mol. The van der Waals surface area contributed by atoms with Crippen LogP contribution in [-0.4, -0.2) is 38.1 Å². The average Bonchev–Trinajstić information content (AvgIpc) is 3.15.